The first-order valence-electron chi connectivity index (χ1n) is 3.89. The predicted molar refractivity (Wildman–Crippen MR) is 47.5 cm³/mol. The van der Waals surface area contributed by atoms with E-state index in [4.69, 9.17) is 5.73 Å². The lowest BCUT2D eigenvalue weighted by Crippen LogP contribution is -2.27. The summed E-state index contributed by atoms with van der Waals surface area (Å²) in [4.78, 5) is 0. The molecule has 0 radical (unpaired) electrons. The monoisotopic (exact) mass is 152 g/mol. The van der Waals surface area contributed by atoms with Gasteiger partial charge >= 0.3 is 0 Å². The van der Waals surface area contributed by atoms with E-state index in [0.717, 1.165) is 0 Å². The van der Waals surface area contributed by atoms with Crippen LogP contribution in [0.3, 0.4) is 0 Å². The largest absolute Gasteiger partial charge is 0.357 e. The highest BCUT2D eigenvalue weighted by atomic mass is 14.9. The second-order valence-corrected chi connectivity index (χ2v) is 3.65. The molecule has 62 valence electrons. The molecule has 2 heteroatoms. The van der Waals surface area contributed by atoms with E-state index < -0.39 is 0 Å². The summed E-state index contributed by atoms with van der Waals surface area (Å²) >= 11 is 0. The molecule has 2 nitrogen and oxygen atoms in total. The Balaban J connectivity index is 2.92. The molecule has 2 N–H and O–H groups in total. The summed E-state index contributed by atoms with van der Waals surface area (Å²) in [7, 11) is 2.02. The highest BCUT2D eigenvalue weighted by molar-refractivity contribution is 5.20. The molecular weight excluding hydrogens is 136 g/mol. The molecule has 0 saturated heterocycles. The standard InChI is InChI=1S/C9H16N2/c1-9(2,7-10)8-4-5-11(3)6-8/h4-6H,7,10H2,1-3H3. The van der Waals surface area contributed by atoms with E-state index in [2.05, 4.69) is 26.1 Å². The normalized spacial score (nSPS) is 12.0. The minimum absolute atomic E-state index is 0.112. The third-order valence-electron chi connectivity index (χ3n) is 2.12. The summed E-state index contributed by atoms with van der Waals surface area (Å²) in [5.74, 6) is 0. The third-order valence-corrected chi connectivity index (χ3v) is 2.12. The second kappa shape index (κ2) is 2.70. The first-order chi connectivity index (χ1) is 5.06. The molecule has 1 aromatic heterocycles. The van der Waals surface area contributed by atoms with E-state index in [1.54, 1.807) is 0 Å². The molecule has 0 spiro atoms. The lowest BCUT2D eigenvalue weighted by Gasteiger charge is -2.20. The van der Waals surface area contributed by atoms with Crippen molar-refractivity contribution in [2.75, 3.05) is 6.54 Å². The van der Waals surface area contributed by atoms with Gasteiger partial charge < -0.3 is 10.3 Å². The van der Waals surface area contributed by atoms with Gasteiger partial charge in [-0.3, -0.25) is 0 Å². The Morgan fingerprint density at radius 2 is 2.18 bits per heavy atom. The highest BCUT2D eigenvalue weighted by Gasteiger charge is 2.18. The minimum atomic E-state index is 0.112. The van der Waals surface area contributed by atoms with E-state index in [0.29, 0.717) is 6.54 Å². The first-order valence-corrected chi connectivity index (χ1v) is 3.89. The van der Waals surface area contributed by atoms with Crippen molar-refractivity contribution < 1.29 is 0 Å². The molecule has 11 heavy (non-hydrogen) atoms. The van der Waals surface area contributed by atoms with Gasteiger partial charge in [0, 0.05) is 31.4 Å². The second-order valence-electron chi connectivity index (χ2n) is 3.65. The fraction of sp³-hybridized carbons (Fsp3) is 0.556. The number of nitrogens with zero attached hydrogens (tertiary/aromatic N) is 1. The minimum Gasteiger partial charge on any atom is -0.357 e. The van der Waals surface area contributed by atoms with Gasteiger partial charge in [0.2, 0.25) is 0 Å². The van der Waals surface area contributed by atoms with E-state index >= 15 is 0 Å². The number of rotatable bonds is 2. The molecule has 0 bridgehead atoms. The molecule has 0 atom stereocenters. The average Bonchev–Trinajstić information content (AvgIpc) is 2.36. The van der Waals surface area contributed by atoms with Crippen molar-refractivity contribution in [3.63, 3.8) is 0 Å². The quantitative estimate of drug-likeness (QED) is 0.679. The van der Waals surface area contributed by atoms with Crippen LogP contribution in [0.5, 0.6) is 0 Å². The van der Waals surface area contributed by atoms with Crippen molar-refractivity contribution >= 4 is 0 Å². The fourth-order valence-corrected chi connectivity index (χ4v) is 1.02. The maximum Gasteiger partial charge on any atom is 0.0106 e. The molecular formula is C9H16N2. The Hall–Kier alpha value is -0.760. The van der Waals surface area contributed by atoms with Crippen molar-refractivity contribution in [3.8, 4) is 0 Å². The van der Waals surface area contributed by atoms with Crippen LogP contribution >= 0.6 is 0 Å². The fourth-order valence-electron chi connectivity index (χ4n) is 1.02. The van der Waals surface area contributed by atoms with Gasteiger partial charge in [-0.1, -0.05) is 13.8 Å². The molecule has 0 aromatic carbocycles. The Morgan fingerprint density at radius 3 is 2.55 bits per heavy atom. The van der Waals surface area contributed by atoms with Gasteiger partial charge in [0.1, 0.15) is 0 Å². The Bertz CT molecular complexity index is 235. The summed E-state index contributed by atoms with van der Waals surface area (Å²) in [5, 5.41) is 0. The number of aromatic nitrogens is 1. The van der Waals surface area contributed by atoms with Crippen LogP contribution in [0.1, 0.15) is 19.4 Å². The van der Waals surface area contributed by atoms with Crippen LogP contribution in [0.4, 0.5) is 0 Å². The van der Waals surface area contributed by atoms with Crippen molar-refractivity contribution in [2.45, 2.75) is 19.3 Å². The summed E-state index contributed by atoms with van der Waals surface area (Å²) in [5.41, 5.74) is 7.06. The van der Waals surface area contributed by atoms with Crippen molar-refractivity contribution in [3.05, 3.63) is 24.0 Å². The smallest absolute Gasteiger partial charge is 0.0106 e. The van der Waals surface area contributed by atoms with Gasteiger partial charge in [0.25, 0.3) is 0 Å². The van der Waals surface area contributed by atoms with E-state index in [1.807, 2.05) is 17.8 Å². The van der Waals surface area contributed by atoms with Gasteiger partial charge in [0.15, 0.2) is 0 Å². The van der Waals surface area contributed by atoms with Crippen molar-refractivity contribution in [1.29, 1.82) is 0 Å². The summed E-state index contributed by atoms with van der Waals surface area (Å²) in [6.07, 6.45) is 4.17. The number of nitrogens with two attached hydrogens (primary N) is 1. The average molecular weight is 152 g/mol. The maximum absolute atomic E-state index is 5.64. The van der Waals surface area contributed by atoms with E-state index in [1.165, 1.54) is 5.56 Å². The zero-order valence-corrected chi connectivity index (χ0v) is 7.46. The van der Waals surface area contributed by atoms with Gasteiger partial charge in [0.05, 0.1) is 0 Å². The molecule has 0 saturated carbocycles. The molecule has 0 fully saturated rings. The summed E-state index contributed by atoms with van der Waals surface area (Å²) in [6, 6.07) is 2.12. The van der Waals surface area contributed by atoms with Gasteiger partial charge in [-0.25, -0.2) is 0 Å². The van der Waals surface area contributed by atoms with Crippen LogP contribution in [-0.4, -0.2) is 11.1 Å². The van der Waals surface area contributed by atoms with Crippen LogP contribution in [0.25, 0.3) is 0 Å². The topological polar surface area (TPSA) is 30.9 Å². The Morgan fingerprint density at radius 1 is 1.55 bits per heavy atom. The van der Waals surface area contributed by atoms with Crippen LogP contribution in [-0.2, 0) is 12.5 Å². The zero-order chi connectivity index (χ0) is 8.48. The number of hydrogen-bond donors (Lipinski definition) is 1. The molecule has 0 aliphatic rings. The summed E-state index contributed by atoms with van der Waals surface area (Å²) < 4.78 is 2.05. The van der Waals surface area contributed by atoms with E-state index in [-0.39, 0.29) is 5.41 Å². The predicted octanol–water partition coefficient (Wildman–Crippen LogP) is 1.26. The molecule has 1 rings (SSSR count). The van der Waals surface area contributed by atoms with Crippen LogP contribution in [0.15, 0.2) is 18.5 Å². The van der Waals surface area contributed by atoms with E-state index in [9.17, 15) is 0 Å². The van der Waals surface area contributed by atoms with Crippen molar-refractivity contribution in [1.82, 2.24) is 4.57 Å². The molecule has 0 aliphatic carbocycles. The van der Waals surface area contributed by atoms with Crippen molar-refractivity contribution in [2.24, 2.45) is 12.8 Å². The third kappa shape index (κ3) is 1.63. The highest BCUT2D eigenvalue weighted by Crippen LogP contribution is 2.21. The summed E-state index contributed by atoms with van der Waals surface area (Å²) in [6.45, 7) is 5.00. The van der Waals surface area contributed by atoms with Crippen LogP contribution in [0.2, 0.25) is 0 Å². The Labute approximate surface area is 68.0 Å². The number of aryl methyl sites for hydroxylation is 1. The number of hydrogen-bond acceptors (Lipinski definition) is 1. The molecule has 0 aliphatic heterocycles. The van der Waals surface area contributed by atoms with Gasteiger partial charge in [-0.15, -0.1) is 0 Å². The first kappa shape index (κ1) is 8.34. The Kier molecular flexibility index (Phi) is 2.05. The molecule has 0 unspecified atom stereocenters. The molecule has 1 heterocycles. The maximum atomic E-state index is 5.64. The zero-order valence-electron chi connectivity index (χ0n) is 7.46. The molecule has 0 amide bonds. The SMILES string of the molecule is Cn1ccc(C(C)(C)CN)c1. The van der Waals surface area contributed by atoms with Crippen LogP contribution < -0.4 is 5.73 Å². The van der Waals surface area contributed by atoms with Gasteiger partial charge in [-0.2, -0.15) is 0 Å². The molecule has 1 aromatic rings. The lowest BCUT2D eigenvalue weighted by atomic mass is 9.87. The van der Waals surface area contributed by atoms with Crippen LogP contribution in [0, 0.1) is 0 Å². The lowest BCUT2D eigenvalue weighted by molar-refractivity contribution is 0.538. The van der Waals surface area contributed by atoms with Gasteiger partial charge in [-0.05, 0) is 11.6 Å².